The number of para-hydroxylation sites is 1. The van der Waals surface area contributed by atoms with E-state index >= 15 is 0 Å². The fourth-order valence-corrected chi connectivity index (χ4v) is 4.61. The quantitative estimate of drug-likeness (QED) is 0.309. The molecule has 0 heterocycles. The summed E-state index contributed by atoms with van der Waals surface area (Å²) in [7, 11) is 0. The molecule has 3 N–H and O–H groups in total. The fourth-order valence-electron chi connectivity index (χ4n) is 4.61. The number of aromatic hydroxyl groups is 1. The smallest absolute Gasteiger partial charge is 0.408 e. The minimum Gasteiger partial charge on any atom is -0.508 e. The second-order valence-corrected chi connectivity index (χ2v) is 12.0. The van der Waals surface area contributed by atoms with Gasteiger partial charge in [0, 0.05) is 11.7 Å². The molecule has 0 spiro atoms. The Balaban J connectivity index is 2.65. The second kappa shape index (κ2) is 13.7. The molecular formula is C32H47N3O5. The van der Waals surface area contributed by atoms with Crippen molar-refractivity contribution in [2.45, 2.75) is 106 Å². The highest BCUT2D eigenvalue weighted by Gasteiger charge is 2.39. The molecule has 3 amide bonds. The standard InChI is InChI=1S/C32H47N3O5/c1-11-23(7)35(30(38)25(17-19(2)3)33-31(39)40-32(8,9)10)28(24-15-16-26(36)22(6)18-24)29(37)34-27-20(4)13-12-14-21(27)5/h12-16,18-19,23,25,28,36H,11,17H2,1-10H3,(H,33,39)(H,34,37). The van der Waals surface area contributed by atoms with Crippen molar-refractivity contribution in [1.29, 1.82) is 0 Å². The average molecular weight is 554 g/mol. The monoisotopic (exact) mass is 553 g/mol. The Kier molecular flexibility index (Phi) is 11.2. The highest BCUT2D eigenvalue weighted by Crippen LogP contribution is 2.32. The number of carbonyl (C=O) groups excluding carboxylic acids is 3. The molecule has 220 valence electrons. The maximum Gasteiger partial charge on any atom is 0.408 e. The van der Waals surface area contributed by atoms with Crippen LogP contribution in [0.25, 0.3) is 0 Å². The molecule has 8 nitrogen and oxygen atoms in total. The summed E-state index contributed by atoms with van der Waals surface area (Å²) in [6, 6.07) is 8.43. The van der Waals surface area contributed by atoms with Crippen LogP contribution >= 0.6 is 0 Å². The summed E-state index contributed by atoms with van der Waals surface area (Å²) in [5.41, 5.74) is 2.91. The molecule has 0 fully saturated rings. The topological polar surface area (TPSA) is 108 Å². The van der Waals surface area contributed by atoms with Crippen LogP contribution in [-0.4, -0.2) is 45.6 Å². The predicted octanol–water partition coefficient (Wildman–Crippen LogP) is 6.56. The van der Waals surface area contributed by atoms with Gasteiger partial charge in [-0.1, -0.05) is 45.0 Å². The van der Waals surface area contributed by atoms with Gasteiger partial charge in [-0.25, -0.2) is 4.79 Å². The van der Waals surface area contributed by atoms with Crippen LogP contribution < -0.4 is 10.6 Å². The number of nitrogens with zero attached hydrogens (tertiary/aromatic N) is 1. The van der Waals surface area contributed by atoms with E-state index in [4.69, 9.17) is 4.74 Å². The lowest BCUT2D eigenvalue weighted by Gasteiger charge is -2.38. The molecule has 3 atom stereocenters. The van der Waals surface area contributed by atoms with Gasteiger partial charge in [-0.05, 0) is 102 Å². The number of hydrogen-bond donors (Lipinski definition) is 3. The van der Waals surface area contributed by atoms with Crippen LogP contribution in [0.1, 0.15) is 89.6 Å². The number of hydrogen-bond acceptors (Lipinski definition) is 5. The molecule has 0 aliphatic rings. The number of rotatable bonds is 10. The normalized spacial score (nSPS) is 13.8. The number of aryl methyl sites for hydroxylation is 3. The first kappa shape index (κ1) is 32.7. The zero-order chi connectivity index (χ0) is 30.4. The summed E-state index contributed by atoms with van der Waals surface area (Å²) in [6.45, 7) is 18.7. The van der Waals surface area contributed by atoms with E-state index in [9.17, 15) is 19.5 Å². The van der Waals surface area contributed by atoms with E-state index in [0.29, 0.717) is 29.7 Å². The summed E-state index contributed by atoms with van der Waals surface area (Å²) >= 11 is 0. The third kappa shape index (κ3) is 8.73. The first-order chi connectivity index (χ1) is 18.5. The molecule has 0 radical (unpaired) electrons. The van der Waals surface area contributed by atoms with Gasteiger partial charge in [-0.15, -0.1) is 0 Å². The van der Waals surface area contributed by atoms with Gasteiger partial charge in [0.2, 0.25) is 5.91 Å². The van der Waals surface area contributed by atoms with Gasteiger partial charge >= 0.3 is 6.09 Å². The van der Waals surface area contributed by atoms with Crippen LogP contribution in [0.5, 0.6) is 5.75 Å². The maximum absolute atomic E-state index is 14.4. The van der Waals surface area contributed by atoms with Crippen molar-refractivity contribution in [3.8, 4) is 5.75 Å². The first-order valence-electron chi connectivity index (χ1n) is 14.0. The lowest BCUT2D eigenvalue weighted by atomic mass is 9.96. The summed E-state index contributed by atoms with van der Waals surface area (Å²) in [6.07, 6.45) is 0.259. The van der Waals surface area contributed by atoms with E-state index in [1.165, 1.54) is 6.07 Å². The summed E-state index contributed by atoms with van der Waals surface area (Å²) in [5.74, 6) is -0.568. The third-order valence-electron chi connectivity index (χ3n) is 6.81. The largest absolute Gasteiger partial charge is 0.508 e. The maximum atomic E-state index is 14.4. The summed E-state index contributed by atoms with van der Waals surface area (Å²) < 4.78 is 5.47. The predicted molar refractivity (Wildman–Crippen MR) is 159 cm³/mol. The zero-order valence-corrected chi connectivity index (χ0v) is 25.7. The van der Waals surface area contributed by atoms with Gasteiger partial charge in [-0.2, -0.15) is 0 Å². The van der Waals surface area contributed by atoms with E-state index < -0.39 is 23.8 Å². The number of phenols is 1. The van der Waals surface area contributed by atoms with Crippen molar-refractivity contribution in [2.24, 2.45) is 5.92 Å². The van der Waals surface area contributed by atoms with Crippen LogP contribution in [0.2, 0.25) is 0 Å². The Morgan fingerprint density at radius 3 is 2.08 bits per heavy atom. The van der Waals surface area contributed by atoms with Crippen LogP contribution in [0.15, 0.2) is 36.4 Å². The molecule has 2 aromatic rings. The van der Waals surface area contributed by atoms with Crippen LogP contribution in [0.3, 0.4) is 0 Å². The first-order valence-corrected chi connectivity index (χ1v) is 14.0. The second-order valence-electron chi connectivity index (χ2n) is 12.0. The molecule has 0 saturated carbocycles. The molecule has 8 heteroatoms. The summed E-state index contributed by atoms with van der Waals surface area (Å²) in [4.78, 5) is 42.9. The number of alkyl carbamates (subject to hydrolysis) is 1. The molecular weight excluding hydrogens is 506 g/mol. The van der Waals surface area contributed by atoms with E-state index in [2.05, 4.69) is 10.6 Å². The molecule has 40 heavy (non-hydrogen) atoms. The van der Waals surface area contributed by atoms with Gasteiger partial charge in [-0.3, -0.25) is 9.59 Å². The zero-order valence-electron chi connectivity index (χ0n) is 25.7. The van der Waals surface area contributed by atoms with Crippen molar-refractivity contribution >= 4 is 23.6 Å². The van der Waals surface area contributed by atoms with Crippen molar-refractivity contribution in [2.75, 3.05) is 5.32 Å². The lowest BCUT2D eigenvalue weighted by molar-refractivity contribution is -0.143. The fraction of sp³-hybridized carbons (Fsp3) is 0.531. The van der Waals surface area contributed by atoms with Crippen molar-refractivity contribution in [1.82, 2.24) is 10.2 Å². The van der Waals surface area contributed by atoms with E-state index in [1.54, 1.807) is 44.7 Å². The number of benzene rings is 2. The minimum absolute atomic E-state index is 0.0838. The Labute approximate surface area is 239 Å². The van der Waals surface area contributed by atoms with Crippen LogP contribution in [-0.2, 0) is 14.3 Å². The van der Waals surface area contributed by atoms with Gasteiger partial charge in [0.15, 0.2) is 0 Å². The minimum atomic E-state index is -1.02. The van der Waals surface area contributed by atoms with Crippen LogP contribution in [0.4, 0.5) is 10.5 Å². The molecule has 3 unspecified atom stereocenters. The molecule has 2 aromatic carbocycles. The van der Waals surface area contributed by atoms with Gasteiger partial charge in [0.1, 0.15) is 23.4 Å². The van der Waals surface area contributed by atoms with Crippen molar-refractivity contribution in [3.05, 3.63) is 58.7 Å². The number of anilines is 1. The SMILES string of the molecule is CCC(C)N(C(=O)C(CC(C)C)NC(=O)OC(C)(C)C)C(C(=O)Nc1c(C)cccc1C)c1ccc(O)c(C)c1. The molecule has 0 aromatic heterocycles. The number of ether oxygens (including phenoxy) is 1. The molecule has 0 aliphatic carbocycles. The van der Waals surface area contributed by atoms with E-state index in [-0.39, 0.29) is 29.5 Å². The van der Waals surface area contributed by atoms with E-state index in [1.807, 2.05) is 59.7 Å². The average Bonchev–Trinajstić information content (AvgIpc) is 2.83. The molecule has 0 saturated heterocycles. The van der Waals surface area contributed by atoms with Crippen molar-refractivity contribution in [3.63, 3.8) is 0 Å². The molecule has 0 aliphatic heterocycles. The summed E-state index contributed by atoms with van der Waals surface area (Å²) in [5, 5.41) is 16.1. The highest BCUT2D eigenvalue weighted by molar-refractivity contribution is 6.00. The molecule has 2 rings (SSSR count). The Bertz CT molecular complexity index is 1180. The molecule has 0 bridgehead atoms. The van der Waals surface area contributed by atoms with Crippen molar-refractivity contribution < 1.29 is 24.2 Å². The lowest BCUT2D eigenvalue weighted by Crippen LogP contribution is -2.55. The highest BCUT2D eigenvalue weighted by atomic mass is 16.6. The Morgan fingerprint density at radius 2 is 1.57 bits per heavy atom. The number of carbonyl (C=O) groups is 3. The number of amides is 3. The third-order valence-corrected chi connectivity index (χ3v) is 6.81. The van der Waals surface area contributed by atoms with Crippen LogP contribution in [0, 0.1) is 26.7 Å². The Hall–Kier alpha value is -3.55. The Morgan fingerprint density at radius 1 is 0.975 bits per heavy atom. The number of nitrogens with one attached hydrogen (secondary N) is 2. The van der Waals surface area contributed by atoms with Gasteiger partial charge in [0.05, 0.1) is 0 Å². The van der Waals surface area contributed by atoms with E-state index in [0.717, 1.165) is 11.1 Å². The number of phenolic OH excluding ortho intramolecular Hbond substituents is 1. The van der Waals surface area contributed by atoms with Gasteiger partial charge in [0.25, 0.3) is 5.91 Å². The van der Waals surface area contributed by atoms with Gasteiger partial charge < -0.3 is 25.4 Å².